The lowest BCUT2D eigenvalue weighted by Gasteiger charge is -2.27. The Morgan fingerprint density at radius 1 is 0.955 bits per heavy atom. The second-order valence-electron chi connectivity index (χ2n) is 5.65. The Morgan fingerprint density at radius 3 is 2.41 bits per heavy atom. The Bertz CT molecular complexity index is 732. The van der Waals surface area contributed by atoms with Crippen LogP contribution in [0.3, 0.4) is 0 Å². The third-order valence-corrected chi connectivity index (χ3v) is 4.87. The molecule has 22 heavy (non-hydrogen) atoms. The van der Waals surface area contributed by atoms with Crippen LogP contribution in [0.4, 0.5) is 0 Å². The van der Waals surface area contributed by atoms with E-state index in [9.17, 15) is 9.59 Å². The molecule has 0 atom stereocenters. The number of rotatable bonds is 5. The van der Waals surface area contributed by atoms with Gasteiger partial charge in [-0.2, -0.15) is 0 Å². The summed E-state index contributed by atoms with van der Waals surface area (Å²) >= 11 is 3.50. The molecule has 0 saturated heterocycles. The molecular weight excluding hydrogens is 342 g/mol. The van der Waals surface area contributed by atoms with Crippen molar-refractivity contribution in [3.63, 3.8) is 0 Å². The topological polar surface area (TPSA) is 37.4 Å². The monoisotopic (exact) mass is 359 g/mol. The minimum atomic E-state index is -0.169. The van der Waals surface area contributed by atoms with Crippen molar-refractivity contribution in [1.29, 1.82) is 0 Å². The fraction of sp³-hybridized carbons (Fsp3) is 0.333. The van der Waals surface area contributed by atoms with Gasteiger partial charge in [0.1, 0.15) is 0 Å². The zero-order valence-corrected chi connectivity index (χ0v) is 14.1. The number of hydrogen-bond donors (Lipinski definition) is 0. The number of carbonyl (C=O) groups excluding carboxylic acids is 2. The molecule has 0 radical (unpaired) electrons. The Hall–Kier alpha value is -1.68. The van der Waals surface area contributed by atoms with Gasteiger partial charge >= 0.3 is 0 Å². The van der Waals surface area contributed by atoms with Gasteiger partial charge in [-0.3, -0.25) is 14.5 Å². The van der Waals surface area contributed by atoms with Crippen molar-refractivity contribution >= 4 is 38.5 Å². The predicted molar refractivity (Wildman–Crippen MR) is 91.2 cm³/mol. The van der Waals surface area contributed by atoms with Crippen LogP contribution in [0.15, 0.2) is 34.8 Å². The average molecular weight is 360 g/mol. The minimum Gasteiger partial charge on any atom is -0.274 e. The van der Waals surface area contributed by atoms with Crippen LogP contribution in [0.2, 0.25) is 0 Å². The van der Waals surface area contributed by atoms with E-state index in [2.05, 4.69) is 22.9 Å². The van der Waals surface area contributed by atoms with Gasteiger partial charge in [0, 0.05) is 27.5 Å². The molecule has 0 aliphatic carbocycles. The minimum absolute atomic E-state index is 0.169. The first-order valence-electron chi connectivity index (χ1n) is 7.72. The van der Waals surface area contributed by atoms with Crippen LogP contribution in [0.5, 0.6) is 0 Å². The molecule has 1 aliphatic rings. The third-order valence-electron chi connectivity index (χ3n) is 4.17. The standard InChI is InChI=1S/C18H18BrNO2/c1-2-3-4-5-11-20-17(21)13-8-6-7-12-15(19)10-9-14(16(12)13)18(20)22/h6-10H,2-5,11H2,1H3. The van der Waals surface area contributed by atoms with E-state index in [0.717, 1.165) is 40.9 Å². The van der Waals surface area contributed by atoms with Gasteiger partial charge < -0.3 is 0 Å². The van der Waals surface area contributed by atoms with E-state index in [1.807, 2.05) is 30.3 Å². The number of nitrogens with zero attached hydrogens (tertiary/aromatic N) is 1. The van der Waals surface area contributed by atoms with Crippen molar-refractivity contribution in [2.45, 2.75) is 32.6 Å². The molecule has 114 valence electrons. The van der Waals surface area contributed by atoms with Crippen molar-refractivity contribution in [1.82, 2.24) is 4.90 Å². The molecule has 3 nitrogen and oxygen atoms in total. The molecule has 0 bridgehead atoms. The number of unbranched alkanes of at least 4 members (excludes halogenated alkanes) is 3. The lowest BCUT2D eigenvalue weighted by atomic mass is 9.94. The first-order chi connectivity index (χ1) is 10.6. The number of imide groups is 1. The number of hydrogen-bond acceptors (Lipinski definition) is 2. The maximum Gasteiger partial charge on any atom is 0.261 e. The quantitative estimate of drug-likeness (QED) is 0.569. The number of carbonyl (C=O) groups is 2. The normalized spacial score (nSPS) is 14.0. The number of halogens is 1. The van der Waals surface area contributed by atoms with Gasteiger partial charge in [0.05, 0.1) is 0 Å². The van der Waals surface area contributed by atoms with Crippen molar-refractivity contribution in [3.05, 3.63) is 45.9 Å². The van der Waals surface area contributed by atoms with Gasteiger partial charge in [-0.25, -0.2) is 0 Å². The molecule has 3 rings (SSSR count). The maximum atomic E-state index is 12.7. The Labute approximate surface area is 138 Å². The zero-order chi connectivity index (χ0) is 15.7. The predicted octanol–water partition coefficient (Wildman–Crippen LogP) is 4.78. The fourth-order valence-corrected chi connectivity index (χ4v) is 3.47. The Morgan fingerprint density at radius 2 is 1.68 bits per heavy atom. The zero-order valence-electron chi connectivity index (χ0n) is 12.6. The van der Waals surface area contributed by atoms with Gasteiger partial charge in [0.25, 0.3) is 11.8 Å². The summed E-state index contributed by atoms with van der Waals surface area (Å²) in [5.41, 5.74) is 1.26. The van der Waals surface area contributed by atoms with Crippen molar-refractivity contribution in [3.8, 4) is 0 Å². The summed E-state index contributed by atoms with van der Waals surface area (Å²) in [5, 5.41) is 1.69. The average Bonchev–Trinajstić information content (AvgIpc) is 2.53. The van der Waals surface area contributed by atoms with Crippen LogP contribution in [-0.4, -0.2) is 23.3 Å². The summed E-state index contributed by atoms with van der Waals surface area (Å²) in [4.78, 5) is 26.8. The Balaban J connectivity index is 2.00. The third kappa shape index (κ3) is 2.45. The molecule has 0 aromatic heterocycles. The molecule has 0 unspecified atom stereocenters. The number of benzene rings is 2. The smallest absolute Gasteiger partial charge is 0.261 e. The largest absolute Gasteiger partial charge is 0.274 e. The molecule has 1 heterocycles. The molecular formula is C18H18BrNO2. The van der Waals surface area contributed by atoms with E-state index in [1.165, 1.54) is 4.90 Å². The van der Waals surface area contributed by atoms with E-state index < -0.39 is 0 Å². The Kier molecular flexibility index (Phi) is 4.30. The SMILES string of the molecule is CCCCCCN1C(=O)c2cccc3c(Br)ccc(c23)C1=O. The van der Waals surface area contributed by atoms with Gasteiger partial charge in [0.2, 0.25) is 0 Å². The number of amides is 2. The fourth-order valence-electron chi connectivity index (χ4n) is 3.01. The highest BCUT2D eigenvalue weighted by Gasteiger charge is 2.32. The molecule has 2 aromatic carbocycles. The van der Waals surface area contributed by atoms with Crippen LogP contribution in [0, 0.1) is 0 Å². The molecule has 0 N–H and O–H groups in total. The van der Waals surface area contributed by atoms with Gasteiger partial charge in [-0.1, -0.05) is 54.2 Å². The van der Waals surface area contributed by atoms with Gasteiger partial charge in [0.15, 0.2) is 0 Å². The lowest BCUT2D eigenvalue weighted by Crippen LogP contribution is -2.40. The van der Waals surface area contributed by atoms with E-state index in [0.29, 0.717) is 17.7 Å². The lowest BCUT2D eigenvalue weighted by molar-refractivity contribution is 0.0608. The first-order valence-corrected chi connectivity index (χ1v) is 8.52. The first kappa shape index (κ1) is 15.2. The molecule has 4 heteroatoms. The molecule has 0 spiro atoms. The summed E-state index contributed by atoms with van der Waals surface area (Å²) in [6.07, 6.45) is 4.19. The van der Waals surface area contributed by atoms with Crippen LogP contribution in [-0.2, 0) is 0 Å². The summed E-state index contributed by atoms with van der Waals surface area (Å²) in [7, 11) is 0. The van der Waals surface area contributed by atoms with E-state index in [1.54, 1.807) is 0 Å². The second kappa shape index (κ2) is 6.21. The summed E-state index contributed by atoms with van der Waals surface area (Å²) in [6, 6.07) is 9.30. The summed E-state index contributed by atoms with van der Waals surface area (Å²) < 4.78 is 0.907. The van der Waals surface area contributed by atoms with Gasteiger partial charge in [-0.05, 0) is 30.0 Å². The second-order valence-corrected chi connectivity index (χ2v) is 6.50. The van der Waals surface area contributed by atoms with Crippen molar-refractivity contribution in [2.24, 2.45) is 0 Å². The molecule has 2 aromatic rings. The van der Waals surface area contributed by atoms with Gasteiger partial charge in [-0.15, -0.1) is 0 Å². The highest BCUT2D eigenvalue weighted by atomic mass is 79.9. The van der Waals surface area contributed by atoms with E-state index >= 15 is 0 Å². The van der Waals surface area contributed by atoms with Crippen molar-refractivity contribution in [2.75, 3.05) is 6.54 Å². The van der Waals surface area contributed by atoms with Crippen LogP contribution in [0.25, 0.3) is 10.8 Å². The van der Waals surface area contributed by atoms with Crippen molar-refractivity contribution < 1.29 is 9.59 Å². The summed E-state index contributed by atoms with van der Waals surface area (Å²) in [5.74, 6) is -0.338. The highest BCUT2D eigenvalue weighted by Crippen LogP contribution is 2.34. The highest BCUT2D eigenvalue weighted by molar-refractivity contribution is 9.10. The van der Waals surface area contributed by atoms with Crippen LogP contribution < -0.4 is 0 Å². The maximum absolute atomic E-state index is 12.7. The molecule has 0 fully saturated rings. The van der Waals surface area contributed by atoms with Crippen LogP contribution in [0.1, 0.15) is 53.3 Å². The van der Waals surface area contributed by atoms with Crippen LogP contribution >= 0.6 is 15.9 Å². The molecule has 2 amide bonds. The molecule has 1 aliphatic heterocycles. The summed E-state index contributed by atoms with van der Waals surface area (Å²) in [6.45, 7) is 2.65. The molecule has 0 saturated carbocycles. The van der Waals surface area contributed by atoms with E-state index in [4.69, 9.17) is 0 Å². The van der Waals surface area contributed by atoms with E-state index in [-0.39, 0.29) is 11.8 Å².